The van der Waals surface area contributed by atoms with Crippen LogP contribution in [0.2, 0.25) is 0 Å². The quantitative estimate of drug-likeness (QED) is 0.854. The molecule has 1 atom stereocenters. The Bertz CT molecular complexity index is 504. The van der Waals surface area contributed by atoms with E-state index in [0.717, 1.165) is 0 Å². The van der Waals surface area contributed by atoms with Crippen LogP contribution in [0, 0.1) is 5.82 Å². The zero-order valence-electron chi connectivity index (χ0n) is 12.1. The normalized spacial score (nSPS) is 18.1. The molecule has 1 aliphatic rings. The van der Waals surface area contributed by atoms with Gasteiger partial charge in [0.1, 0.15) is 0 Å². The maximum atomic E-state index is 13.9. The minimum Gasteiger partial charge on any atom is -0.493 e. The van der Waals surface area contributed by atoms with Gasteiger partial charge in [-0.2, -0.15) is 0 Å². The SMILES string of the molecule is COc1cc(F)c(NC(=O)CC2COCCN2)cc1OC. The topological polar surface area (TPSA) is 68.8 Å². The highest BCUT2D eigenvalue weighted by Gasteiger charge is 2.19. The molecule has 0 aliphatic carbocycles. The predicted octanol–water partition coefficient (Wildman–Crippen LogP) is 1.16. The zero-order chi connectivity index (χ0) is 15.2. The molecule has 0 radical (unpaired) electrons. The molecule has 1 saturated heterocycles. The smallest absolute Gasteiger partial charge is 0.226 e. The largest absolute Gasteiger partial charge is 0.493 e. The first kappa shape index (κ1) is 15.5. The third-order valence-corrected chi connectivity index (χ3v) is 3.18. The Hall–Kier alpha value is -1.86. The van der Waals surface area contributed by atoms with Crippen molar-refractivity contribution in [2.45, 2.75) is 12.5 Å². The van der Waals surface area contributed by atoms with Gasteiger partial charge in [0.05, 0.1) is 33.1 Å². The molecular weight excluding hydrogens is 279 g/mol. The van der Waals surface area contributed by atoms with Crippen molar-refractivity contribution in [1.82, 2.24) is 5.32 Å². The van der Waals surface area contributed by atoms with Crippen molar-refractivity contribution >= 4 is 11.6 Å². The number of morpholine rings is 1. The van der Waals surface area contributed by atoms with E-state index >= 15 is 0 Å². The lowest BCUT2D eigenvalue weighted by molar-refractivity contribution is -0.117. The van der Waals surface area contributed by atoms with Gasteiger partial charge in [-0.3, -0.25) is 4.79 Å². The Labute approximate surface area is 122 Å². The number of hydrogen-bond acceptors (Lipinski definition) is 5. The van der Waals surface area contributed by atoms with E-state index in [1.54, 1.807) is 0 Å². The lowest BCUT2D eigenvalue weighted by Crippen LogP contribution is -2.43. The number of anilines is 1. The average Bonchev–Trinajstić information content (AvgIpc) is 2.49. The lowest BCUT2D eigenvalue weighted by atomic mass is 10.2. The van der Waals surface area contributed by atoms with Crippen LogP contribution < -0.4 is 20.1 Å². The van der Waals surface area contributed by atoms with Gasteiger partial charge in [0.15, 0.2) is 17.3 Å². The molecule has 1 amide bonds. The number of rotatable bonds is 5. The maximum absolute atomic E-state index is 13.9. The summed E-state index contributed by atoms with van der Waals surface area (Å²) in [6.45, 7) is 1.83. The minimum absolute atomic E-state index is 0.0537. The molecule has 1 fully saturated rings. The summed E-state index contributed by atoms with van der Waals surface area (Å²) in [5, 5.41) is 5.71. The molecule has 21 heavy (non-hydrogen) atoms. The lowest BCUT2D eigenvalue weighted by Gasteiger charge is -2.23. The first-order valence-corrected chi connectivity index (χ1v) is 6.66. The van der Waals surface area contributed by atoms with Crippen molar-refractivity contribution < 1.29 is 23.4 Å². The van der Waals surface area contributed by atoms with E-state index in [1.165, 1.54) is 26.4 Å². The molecule has 2 N–H and O–H groups in total. The van der Waals surface area contributed by atoms with Crippen LogP contribution in [0.25, 0.3) is 0 Å². The fraction of sp³-hybridized carbons (Fsp3) is 0.500. The molecule has 0 aromatic heterocycles. The predicted molar refractivity (Wildman–Crippen MR) is 75.4 cm³/mol. The highest BCUT2D eigenvalue weighted by Crippen LogP contribution is 2.32. The summed E-state index contributed by atoms with van der Waals surface area (Å²) in [7, 11) is 2.87. The molecule has 116 valence electrons. The molecule has 1 unspecified atom stereocenters. The Morgan fingerprint density at radius 1 is 1.43 bits per heavy atom. The van der Waals surface area contributed by atoms with Crippen LogP contribution in [0.15, 0.2) is 12.1 Å². The van der Waals surface area contributed by atoms with E-state index in [1.807, 2.05) is 0 Å². The molecule has 6 nitrogen and oxygen atoms in total. The van der Waals surface area contributed by atoms with Crippen LogP contribution in [-0.4, -0.2) is 45.9 Å². The summed E-state index contributed by atoms with van der Waals surface area (Å²) < 4.78 is 29.3. The van der Waals surface area contributed by atoms with Gasteiger partial charge in [0, 0.05) is 31.1 Å². The van der Waals surface area contributed by atoms with Crippen LogP contribution in [-0.2, 0) is 9.53 Å². The van der Waals surface area contributed by atoms with Crippen LogP contribution in [0.1, 0.15) is 6.42 Å². The maximum Gasteiger partial charge on any atom is 0.226 e. The Morgan fingerprint density at radius 3 is 2.76 bits per heavy atom. The van der Waals surface area contributed by atoms with Crippen LogP contribution in [0.3, 0.4) is 0 Å². The Kier molecular flexibility index (Phi) is 5.35. The van der Waals surface area contributed by atoms with Crippen molar-refractivity contribution in [3.05, 3.63) is 17.9 Å². The standard InChI is InChI=1S/C14H19FN2O4/c1-19-12-6-10(15)11(7-13(12)20-2)17-14(18)5-9-8-21-4-3-16-9/h6-7,9,16H,3-5,8H2,1-2H3,(H,17,18). The third kappa shape index (κ3) is 4.05. The van der Waals surface area contributed by atoms with Crippen LogP contribution in [0.5, 0.6) is 11.5 Å². The van der Waals surface area contributed by atoms with Gasteiger partial charge in [-0.1, -0.05) is 0 Å². The van der Waals surface area contributed by atoms with Crippen LogP contribution >= 0.6 is 0 Å². The molecule has 2 rings (SSSR count). The second kappa shape index (κ2) is 7.24. The summed E-state index contributed by atoms with van der Waals surface area (Å²) in [5.74, 6) is -0.235. The van der Waals surface area contributed by atoms with Gasteiger partial charge in [-0.15, -0.1) is 0 Å². The summed E-state index contributed by atoms with van der Waals surface area (Å²) in [6, 6.07) is 2.52. The molecule has 0 spiro atoms. The van der Waals surface area contributed by atoms with Crippen molar-refractivity contribution in [3.63, 3.8) is 0 Å². The molecular formula is C14H19FN2O4. The van der Waals surface area contributed by atoms with Crippen molar-refractivity contribution in [3.8, 4) is 11.5 Å². The Balaban J connectivity index is 2.02. The highest BCUT2D eigenvalue weighted by molar-refractivity contribution is 5.91. The number of nitrogens with one attached hydrogen (secondary N) is 2. The zero-order valence-corrected chi connectivity index (χ0v) is 12.1. The number of halogens is 1. The number of carbonyl (C=O) groups excluding carboxylic acids is 1. The van der Waals surface area contributed by atoms with E-state index in [9.17, 15) is 9.18 Å². The van der Waals surface area contributed by atoms with Crippen molar-refractivity contribution in [1.29, 1.82) is 0 Å². The van der Waals surface area contributed by atoms with Gasteiger partial charge in [-0.05, 0) is 0 Å². The van der Waals surface area contributed by atoms with E-state index in [0.29, 0.717) is 25.5 Å². The fourth-order valence-electron chi connectivity index (χ4n) is 2.13. The molecule has 1 heterocycles. The van der Waals surface area contributed by atoms with E-state index < -0.39 is 5.82 Å². The van der Waals surface area contributed by atoms with Gasteiger partial charge in [0.25, 0.3) is 0 Å². The van der Waals surface area contributed by atoms with Gasteiger partial charge in [-0.25, -0.2) is 4.39 Å². The molecule has 1 aromatic rings. The first-order valence-electron chi connectivity index (χ1n) is 6.66. The van der Waals surface area contributed by atoms with E-state index in [4.69, 9.17) is 14.2 Å². The second-order valence-electron chi connectivity index (χ2n) is 4.67. The first-order chi connectivity index (χ1) is 10.1. The van der Waals surface area contributed by atoms with Gasteiger partial charge in [0.2, 0.25) is 5.91 Å². The number of methoxy groups -OCH3 is 2. The average molecular weight is 298 g/mol. The number of ether oxygens (including phenoxy) is 3. The van der Waals surface area contributed by atoms with E-state index in [2.05, 4.69) is 10.6 Å². The van der Waals surface area contributed by atoms with Gasteiger partial charge < -0.3 is 24.8 Å². The summed E-state index contributed by atoms with van der Waals surface area (Å²) in [5.41, 5.74) is 0.0642. The number of amides is 1. The Morgan fingerprint density at radius 2 is 2.14 bits per heavy atom. The molecule has 7 heteroatoms. The van der Waals surface area contributed by atoms with Crippen molar-refractivity contribution in [2.24, 2.45) is 0 Å². The number of benzene rings is 1. The fourth-order valence-corrected chi connectivity index (χ4v) is 2.13. The van der Waals surface area contributed by atoms with Crippen molar-refractivity contribution in [2.75, 3.05) is 39.3 Å². The summed E-state index contributed by atoms with van der Waals surface area (Å²) in [6.07, 6.45) is 0.216. The van der Waals surface area contributed by atoms with E-state index in [-0.39, 0.29) is 29.8 Å². The number of hydrogen-bond donors (Lipinski definition) is 2. The monoisotopic (exact) mass is 298 g/mol. The molecule has 0 bridgehead atoms. The third-order valence-electron chi connectivity index (χ3n) is 3.18. The molecule has 1 aliphatic heterocycles. The minimum atomic E-state index is -0.575. The molecule has 1 aromatic carbocycles. The van der Waals surface area contributed by atoms with Gasteiger partial charge >= 0.3 is 0 Å². The highest BCUT2D eigenvalue weighted by atomic mass is 19.1. The molecule has 0 saturated carbocycles. The summed E-state index contributed by atoms with van der Waals surface area (Å²) in [4.78, 5) is 11.9. The van der Waals surface area contributed by atoms with Crippen LogP contribution in [0.4, 0.5) is 10.1 Å². The number of carbonyl (C=O) groups is 1. The summed E-state index contributed by atoms with van der Waals surface area (Å²) >= 11 is 0. The second-order valence-corrected chi connectivity index (χ2v) is 4.67.